The molecule has 3 heteroatoms. The topological polar surface area (TPSA) is 33.4 Å². The number of thioether (sulfide) groups is 1. The molecule has 2 nitrogen and oxygen atoms in total. The van der Waals surface area contributed by atoms with Gasteiger partial charge in [0, 0.05) is 10.6 Å². The maximum absolute atomic E-state index is 9.46. The zero-order chi connectivity index (χ0) is 9.19. The zero-order valence-electron chi connectivity index (χ0n) is 7.63. The molecule has 0 fully saturated rings. The van der Waals surface area contributed by atoms with Gasteiger partial charge in [-0.3, -0.25) is 0 Å². The predicted octanol–water partition coefficient (Wildman–Crippen LogP) is 2.45. The van der Waals surface area contributed by atoms with Crippen LogP contribution in [-0.4, -0.2) is 16.5 Å². The minimum atomic E-state index is -0.617. The Morgan fingerprint density at radius 2 is 2.25 bits per heavy atom. The molecule has 0 aliphatic rings. The molecule has 12 heavy (non-hydrogen) atoms. The number of furan rings is 1. The Balaban J connectivity index is 2.49. The molecular formula is C9H14O2S. The molecular weight excluding hydrogens is 172 g/mol. The fraction of sp³-hybridized carbons (Fsp3) is 0.556. The quantitative estimate of drug-likeness (QED) is 0.736. The largest absolute Gasteiger partial charge is 0.468 e. The fourth-order valence-corrected chi connectivity index (χ4v) is 1.69. The van der Waals surface area contributed by atoms with E-state index in [1.54, 1.807) is 31.9 Å². The lowest BCUT2D eigenvalue weighted by Crippen LogP contribution is -2.21. The van der Waals surface area contributed by atoms with E-state index in [1.807, 2.05) is 13.0 Å². The highest BCUT2D eigenvalue weighted by atomic mass is 32.2. The molecule has 0 unspecified atom stereocenters. The van der Waals surface area contributed by atoms with E-state index in [-0.39, 0.29) is 0 Å². The minimum absolute atomic E-state index is 0.617. The molecule has 68 valence electrons. The molecule has 1 aromatic heterocycles. The van der Waals surface area contributed by atoms with Crippen molar-refractivity contribution in [3.05, 3.63) is 18.1 Å². The van der Waals surface area contributed by atoms with Gasteiger partial charge in [-0.1, -0.05) is 0 Å². The van der Waals surface area contributed by atoms with Crippen LogP contribution in [0.4, 0.5) is 0 Å². The van der Waals surface area contributed by atoms with Gasteiger partial charge in [-0.15, -0.1) is 11.8 Å². The zero-order valence-corrected chi connectivity index (χ0v) is 8.44. The maximum atomic E-state index is 9.46. The van der Waals surface area contributed by atoms with Gasteiger partial charge < -0.3 is 9.52 Å². The molecule has 0 radical (unpaired) electrons. The number of aliphatic hydroxyl groups is 1. The molecule has 1 heterocycles. The first-order valence-corrected chi connectivity index (χ1v) is 4.87. The van der Waals surface area contributed by atoms with Crippen molar-refractivity contribution in [1.82, 2.24) is 0 Å². The minimum Gasteiger partial charge on any atom is -0.468 e. The van der Waals surface area contributed by atoms with Crippen molar-refractivity contribution in [2.75, 3.05) is 5.75 Å². The van der Waals surface area contributed by atoms with Gasteiger partial charge in [0.25, 0.3) is 0 Å². The lowest BCUT2D eigenvalue weighted by atomic mass is 10.2. The van der Waals surface area contributed by atoms with E-state index in [2.05, 4.69) is 0 Å². The number of hydrogen-bond acceptors (Lipinski definition) is 3. The summed E-state index contributed by atoms with van der Waals surface area (Å²) in [5, 5.41) is 9.46. The van der Waals surface area contributed by atoms with Gasteiger partial charge in [-0.25, -0.2) is 0 Å². The van der Waals surface area contributed by atoms with E-state index in [1.165, 1.54) is 0 Å². The van der Waals surface area contributed by atoms with Crippen LogP contribution in [0.15, 0.2) is 21.6 Å². The number of hydrogen-bond donors (Lipinski definition) is 1. The molecule has 0 bridgehead atoms. The smallest absolute Gasteiger partial charge is 0.114 e. The first-order chi connectivity index (χ1) is 5.49. The van der Waals surface area contributed by atoms with Gasteiger partial charge in [-0.2, -0.15) is 0 Å². The average molecular weight is 186 g/mol. The highest BCUT2D eigenvalue weighted by Gasteiger charge is 2.13. The highest BCUT2D eigenvalue weighted by Crippen LogP contribution is 2.25. The molecule has 0 spiro atoms. The molecule has 0 aromatic carbocycles. The Morgan fingerprint density at radius 1 is 1.58 bits per heavy atom. The van der Waals surface area contributed by atoms with E-state index in [9.17, 15) is 5.11 Å². The standard InChI is InChI=1S/C9H14O2S/c1-7-8(4-5-11-7)12-6-9(2,3)10/h4-5,10H,6H2,1-3H3. The van der Waals surface area contributed by atoms with Crippen LogP contribution in [0, 0.1) is 6.92 Å². The lowest BCUT2D eigenvalue weighted by molar-refractivity contribution is 0.107. The van der Waals surface area contributed by atoms with Gasteiger partial charge in [0.05, 0.1) is 11.9 Å². The van der Waals surface area contributed by atoms with E-state index < -0.39 is 5.60 Å². The van der Waals surface area contributed by atoms with Crippen molar-refractivity contribution in [3.63, 3.8) is 0 Å². The summed E-state index contributed by atoms with van der Waals surface area (Å²) in [5.74, 6) is 1.61. The summed E-state index contributed by atoms with van der Waals surface area (Å²) in [6.07, 6.45) is 1.67. The van der Waals surface area contributed by atoms with Gasteiger partial charge in [0.15, 0.2) is 0 Å². The van der Waals surface area contributed by atoms with Crippen LogP contribution in [0.25, 0.3) is 0 Å². The summed E-state index contributed by atoms with van der Waals surface area (Å²) in [5.41, 5.74) is -0.617. The summed E-state index contributed by atoms with van der Waals surface area (Å²) in [6.45, 7) is 5.53. The molecule has 1 aromatic rings. The Kier molecular flexibility index (Phi) is 2.85. The third-order valence-corrected chi connectivity index (χ3v) is 2.98. The molecule has 0 aliphatic carbocycles. The highest BCUT2D eigenvalue weighted by molar-refractivity contribution is 7.99. The first-order valence-electron chi connectivity index (χ1n) is 3.88. The number of rotatable bonds is 3. The molecule has 0 amide bonds. The second-order valence-electron chi connectivity index (χ2n) is 3.44. The molecule has 0 saturated carbocycles. The van der Waals surface area contributed by atoms with Crippen LogP contribution in [-0.2, 0) is 0 Å². The second-order valence-corrected chi connectivity index (χ2v) is 4.46. The summed E-state index contributed by atoms with van der Waals surface area (Å²) >= 11 is 1.62. The van der Waals surface area contributed by atoms with Gasteiger partial charge in [0.1, 0.15) is 5.76 Å². The normalized spacial score (nSPS) is 12.0. The van der Waals surface area contributed by atoms with Crippen molar-refractivity contribution in [1.29, 1.82) is 0 Å². The molecule has 0 atom stereocenters. The SMILES string of the molecule is Cc1occc1SCC(C)(C)O. The molecule has 0 aliphatic heterocycles. The molecule has 1 rings (SSSR count). The van der Waals surface area contributed by atoms with E-state index >= 15 is 0 Å². The van der Waals surface area contributed by atoms with Crippen LogP contribution in [0.2, 0.25) is 0 Å². The number of aryl methyl sites for hydroxylation is 1. The summed E-state index contributed by atoms with van der Waals surface area (Å²) in [6, 6.07) is 1.92. The first kappa shape index (κ1) is 9.68. The van der Waals surface area contributed by atoms with Crippen molar-refractivity contribution >= 4 is 11.8 Å². The maximum Gasteiger partial charge on any atom is 0.114 e. The average Bonchev–Trinajstić information content (AvgIpc) is 2.29. The van der Waals surface area contributed by atoms with E-state index in [0.29, 0.717) is 5.75 Å². The van der Waals surface area contributed by atoms with Crippen molar-refractivity contribution in [2.24, 2.45) is 0 Å². The van der Waals surface area contributed by atoms with Crippen LogP contribution in [0.3, 0.4) is 0 Å². The van der Waals surface area contributed by atoms with Crippen molar-refractivity contribution in [2.45, 2.75) is 31.3 Å². The second kappa shape index (κ2) is 3.54. The summed E-state index contributed by atoms with van der Waals surface area (Å²) in [7, 11) is 0. The van der Waals surface area contributed by atoms with Crippen molar-refractivity contribution < 1.29 is 9.52 Å². The van der Waals surface area contributed by atoms with Crippen LogP contribution >= 0.6 is 11.8 Å². The molecule has 1 N–H and O–H groups in total. The van der Waals surface area contributed by atoms with Crippen molar-refractivity contribution in [3.8, 4) is 0 Å². The third-order valence-electron chi connectivity index (χ3n) is 1.39. The Bertz CT molecular complexity index is 247. The van der Waals surface area contributed by atoms with Crippen LogP contribution in [0.5, 0.6) is 0 Å². The van der Waals surface area contributed by atoms with E-state index in [4.69, 9.17) is 4.42 Å². The Labute approximate surface area is 77.0 Å². The lowest BCUT2D eigenvalue weighted by Gasteiger charge is -2.15. The van der Waals surface area contributed by atoms with E-state index in [0.717, 1.165) is 10.7 Å². The summed E-state index contributed by atoms with van der Waals surface area (Å²) in [4.78, 5) is 1.11. The van der Waals surface area contributed by atoms with Crippen LogP contribution in [0.1, 0.15) is 19.6 Å². The Morgan fingerprint density at radius 3 is 2.67 bits per heavy atom. The predicted molar refractivity (Wildman–Crippen MR) is 50.5 cm³/mol. The molecule has 0 saturated heterocycles. The fourth-order valence-electron chi connectivity index (χ4n) is 0.777. The summed E-state index contributed by atoms with van der Waals surface area (Å²) < 4.78 is 5.13. The third kappa shape index (κ3) is 2.91. The monoisotopic (exact) mass is 186 g/mol. The van der Waals surface area contributed by atoms with Crippen LogP contribution < -0.4 is 0 Å². The van der Waals surface area contributed by atoms with Gasteiger partial charge in [0.2, 0.25) is 0 Å². The van der Waals surface area contributed by atoms with Gasteiger partial charge in [-0.05, 0) is 26.8 Å². The van der Waals surface area contributed by atoms with Gasteiger partial charge >= 0.3 is 0 Å². The Hall–Kier alpha value is -0.410.